The maximum atomic E-state index is 3.79. The molecule has 0 aromatic rings. The Hall–Kier alpha value is -0.340. The molecule has 0 saturated heterocycles. The van der Waals surface area contributed by atoms with E-state index in [1.807, 2.05) is 0 Å². The fourth-order valence-corrected chi connectivity index (χ4v) is 3.90. The summed E-state index contributed by atoms with van der Waals surface area (Å²) in [5.74, 6) is 2.61. The zero-order valence-corrected chi connectivity index (χ0v) is 12.7. The molecule has 2 bridgehead atoms. The van der Waals surface area contributed by atoms with Crippen LogP contribution >= 0.6 is 0 Å². The highest BCUT2D eigenvalue weighted by Crippen LogP contribution is 2.44. The first-order valence-electron chi connectivity index (χ1n) is 7.44. The smallest absolute Gasteiger partial charge is 0.00730 e. The molecule has 104 valence electrons. The Bertz CT molecular complexity index is 306. The number of nitrogens with one attached hydrogen (secondary N) is 1. The summed E-state index contributed by atoms with van der Waals surface area (Å²) < 4.78 is 0. The van der Waals surface area contributed by atoms with Gasteiger partial charge in [0, 0.05) is 19.1 Å². The molecule has 0 aromatic heterocycles. The van der Waals surface area contributed by atoms with Gasteiger partial charge in [0.25, 0.3) is 0 Å². The molecular weight excluding hydrogens is 220 g/mol. The molecule has 0 radical (unpaired) electrons. The van der Waals surface area contributed by atoms with Crippen molar-refractivity contribution in [2.75, 3.05) is 27.2 Å². The number of allylic oxidation sites excluding steroid dienone is 2. The van der Waals surface area contributed by atoms with Gasteiger partial charge in [-0.25, -0.2) is 0 Å². The van der Waals surface area contributed by atoms with Gasteiger partial charge in [0.1, 0.15) is 0 Å². The molecule has 0 aliphatic heterocycles. The summed E-state index contributed by atoms with van der Waals surface area (Å²) in [6, 6.07) is 0.659. The summed E-state index contributed by atoms with van der Waals surface area (Å²) in [6.45, 7) is 9.35. The predicted octanol–water partition coefficient (Wildman–Crippen LogP) is 2.76. The van der Waals surface area contributed by atoms with Gasteiger partial charge in [-0.05, 0) is 57.0 Å². The van der Waals surface area contributed by atoms with Gasteiger partial charge in [-0.3, -0.25) is 0 Å². The quantitative estimate of drug-likeness (QED) is 0.729. The first kappa shape index (κ1) is 14.1. The Balaban J connectivity index is 1.78. The van der Waals surface area contributed by atoms with Gasteiger partial charge >= 0.3 is 0 Å². The van der Waals surface area contributed by atoms with E-state index < -0.39 is 0 Å². The molecule has 0 amide bonds. The van der Waals surface area contributed by atoms with Crippen molar-refractivity contribution < 1.29 is 0 Å². The van der Waals surface area contributed by atoms with Gasteiger partial charge in [0.15, 0.2) is 0 Å². The summed E-state index contributed by atoms with van der Waals surface area (Å²) in [4.78, 5) is 2.28. The third-order valence-corrected chi connectivity index (χ3v) is 4.62. The van der Waals surface area contributed by atoms with Crippen LogP contribution in [0.15, 0.2) is 12.2 Å². The number of fused-ring (bicyclic) bond motifs is 2. The third kappa shape index (κ3) is 3.36. The van der Waals surface area contributed by atoms with Gasteiger partial charge in [-0.2, -0.15) is 0 Å². The largest absolute Gasteiger partial charge is 0.313 e. The van der Waals surface area contributed by atoms with Gasteiger partial charge in [0.2, 0.25) is 0 Å². The van der Waals surface area contributed by atoms with E-state index in [0.717, 1.165) is 30.8 Å². The average molecular weight is 250 g/mol. The highest BCUT2D eigenvalue weighted by atomic mass is 15.1. The van der Waals surface area contributed by atoms with E-state index in [-0.39, 0.29) is 0 Å². The molecule has 2 aliphatic rings. The Morgan fingerprint density at radius 1 is 1.28 bits per heavy atom. The van der Waals surface area contributed by atoms with Crippen LogP contribution in [0.25, 0.3) is 0 Å². The maximum absolute atomic E-state index is 3.79. The van der Waals surface area contributed by atoms with Crippen molar-refractivity contribution >= 4 is 0 Å². The molecule has 1 fully saturated rings. The molecule has 2 aliphatic carbocycles. The van der Waals surface area contributed by atoms with Gasteiger partial charge in [-0.1, -0.05) is 26.0 Å². The summed E-state index contributed by atoms with van der Waals surface area (Å²) in [5, 5.41) is 3.79. The number of rotatable bonds is 6. The second-order valence-electron chi connectivity index (χ2n) is 7.52. The highest BCUT2D eigenvalue weighted by Gasteiger charge is 2.38. The van der Waals surface area contributed by atoms with Crippen LogP contribution in [0.2, 0.25) is 0 Å². The van der Waals surface area contributed by atoms with Crippen LogP contribution in [0.4, 0.5) is 0 Å². The van der Waals surface area contributed by atoms with Crippen molar-refractivity contribution in [2.24, 2.45) is 23.2 Å². The van der Waals surface area contributed by atoms with Crippen LogP contribution in [0.1, 0.15) is 33.6 Å². The molecule has 1 N–H and O–H groups in total. The van der Waals surface area contributed by atoms with E-state index in [2.05, 4.69) is 57.2 Å². The standard InChI is InChI=1S/C16H30N2/c1-12(15-9-13-6-7-14(15)8-13)17-10-16(2,3)11-18(4)5/h6-7,12-15,17H,8-11H2,1-5H3. The Kier molecular flexibility index (Phi) is 4.18. The SMILES string of the molecule is CC(NCC(C)(C)CN(C)C)C1CC2C=CC1C2. The molecular formula is C16H30N2. The van der Waals surface area contributed by atoms with Crippen LogP contribution < -0.4 is 5.32 Å². The number of nitrogens with zero attached hydrogens (tertiary/aromatic N) is 1. The monoisotopic (exact) mass is 250 g/mol. The molecule has 2 rings (SSSR count). The number of hydrogen-bond acceptors (Lipinski definition) is 2. The fourth-order valence-electron chi connectivity index (χ4n) is 3.90. The molecule has 18 heavy (non-hydrogen) atoms. The molecule has 0 heterocycles. The zero-order chi connectivity index (χ0) is 13.3. The maximum Gasteiger partial charge on any atom is 0.00730 e. The van der Waals surface area contributed by atoms with E-state index in [1.165, 1.54) is 12.8 Å². The minimum Gasteiger partial charge on any atom is -0.313 e. The van der Waals surface area contributed by atoms with Crippen molar-refractivity contribution in [3.63, 3.8) is 0 Å². The molecule has 1 saturated carbocycles. The molecule has 2 heteroatoms. The lowest BCUT2D eigenvalue weighted by molar-refractivity contribution is 0.211. The lowest BCUT2D eigenvalue weighted by Gasteiger charge is -2.33. The van der Waals surface area contributed by atoms with Crippen molar-refractivity contribution in [3.05, 3.63) is 12.2 Å². The van der Waals surface area contributed by atoms with E-state index in [9.17, 15) is 0 Å². The predicted molar refractivity (Wildman–Crippen MR) is 78.6 cm³/mol. The van der Waals surface area contributed by atoms with Crippen molar-refractivity contribution in [2.45, 2.75) is 39.7 Å². The molecule has 0 aromatic carbocycles. The average Bonchev–Trinajstić information content (AvgIpc) is 2.85. The van der Waals surface area contributed by atoms with Crippen molar-refractivity contribution in [1.29, 1.82) is 0 Å². The minimum absolute atomic E-state index is 0.352. The Morgan fingerprint density at radius 2 is 2.00 bits per heavy atom. The zero-order valence-electron chi connectivity index (χ0n) is 12.7. The topological polar surface area (TPSA) is 15.3 Å². The summed E-state index contributed by atoms with van der Waals surface area (Å²) >= 11 is 0. The Morgan fingerprint density at radius 3 is 2.50 bits per heavy atom. The lowest BCUT2D eigenvalue weighted by atomic mass is 9.86. The first-order chi connectivity index (χ1) is 8.37. The van der Waals surface area contributed by atoms with Crippen LogP contribution in [-0.4, -0.2) is 38.1 Å². The molecule has 4 atom stereocenters. The number of hydrogen-bond donors (Lipinski definition) is 1. The first-order valence-corrected chi connectivity index (χ1v) is 7.44. The lowest BCUT2D eigenvalue weighted by Crippen LogP contribution is -2.44. The van der Waals surface area contributed by atoms with Crippen LogP contribution in [0.5, 0.6) is 0 Å². The van der Waals surface area contributed by atoms with Gasteiger partial charge in [-0.15, -0.1) is 0 Å². The minimum atomic E-state index is 0.352. The van der Waals surface area contributed by atoms with Gasteiger partial charge < -0.3 is 10.2 Å². The van der Waals surface area contributed by atoms with Crippen LogP contribution in [0, 0.1) is 23.2 Å². The second kappa shape index (κ2) is 5.34. The fraction of sp³-hybridized carbons (Fsp3) is 0.875. The van der Waals surface area contributed by atoms with Crippen LogP contribution in [0.3, 0.4) is 0 Å². The summed E-state index contributed by atoms with van der Waals surface area (Å²) in [5.41, 5.74) is 0.352. The summed E-state index contributed by atoms with van der Waals surface area (Å²) in [7, 11) is 4.32. The van der Waals surface area contributed by atoms with Gasteiger partial charge in [0.05, 0.1) is 0 Å². The molecule has 0 spiro atoms. The molecule has 2 nitrogen and oxygen atoms in total. The van der Waals surface area contributed by atoms with E-state index in [0.29, 0.717) is 11.5 Å². The van der Waals surface area contributed by atoms with E-state index >= 15 is 0 Å². The third-order valence-electron chi connectivity index (χ3n) is 4.62. The van der Waals surface area contributed by atoms with E-state index in [4.69, 9.17) is 0 Å². The van der Waals surface area contributed by atoms with Crippen molar-refractivity contribution in [3.8, 4) is 0 Å². The van der Waals surface area contributed by atoms with Crippen LogP contribution in [-0.2, 0) is 0 Å². The van der Waals surface area contributed by atoms with E-state index in [1.54, 1.807) is 0 Å². The highest BCUT2D eigenvalue weighted by molar-refractivity contribution is 5.11. The summed E-state index contributed by atoms with van der Waals surface area (Å²) in [6.07, 6.45) is 7.72. The Labute approximate surface area is 113 Å². The molecule has 4 unspecified atom stereocenters. The van der Waals surface area contributed by atoms with Crippen molar-refractivity contribution in [1.82, 2.24) is 10.2 Å². The normalized spacial score (nSPS) is 32.4. The second-order valence-corrected chi connectivity index (χ2v) is 7.52.